The summed E-state index contributed by atoms with van der Waals surface area (Å²) in [5, 5.41) is 3.04. The molecule has 0 aliphatic heterocycles. The van der Waals surface area contributed by atoms with Crippen molar-refractivity contribution in [3.05, 3.63) is 64.6 Å². The molecule has 0 aliphatic carbocycles. The third-order valence-corrected chi connectivity index (χ3v) is 3.98. The molecule has 2 N–H and O–H groups in total. The standard InChI is InChI=1S/C17H11ClF4N2O/c18-13-4-1-10(17(20,21)22)6-15(13)24-16(25)5-9-8-23-14-7-11(19)2-3-12(9)14/h1-4,6-8,23H,5H2,(H,24,25). The van der Waals surface area contributed by atoms with Crippen molar-refractivity contribution < 1.29 is 22.4 Å². The fourth-order valence-corrected chi connectivity index (χ4v) is 2.63. The van der Waals surface area contributed by atoms with E-state index in [1.807, 2.05) is 0 Å². The van der Waals surface area contributed by atoms with Crippen molar-refractivity contribution in [3.63, 3.8) is 0 Å². The van der Waals surface area contributed by atoms with Gasteiger partial charge in [-0.1, -0.05) is 11.6 Å². The van der Waals surface area contributed by atoms with E-state index >= 15 is 0 Å². The number of benzene rings is 2. The molecule has 1 aromatic heterocycles. The first-order valence-electron chi connectivity index (χ1n) is 7.16. The van der Waals surface area contributed by atoms with E-state index in [4.69, 9.17) is 11.6 Å². The summed E-state index contributed by atoms with van der Waals surface area (Å²) < 4.78 is 51.4. The Hall–Kier alpha value is -2.54. The predicted octanol–water partition coefficient (Wildman–Crippen LogP) is 5.16. The maximum absolute atomic E-state index is 13.2. The van der Waals surface area contributed by atoms with Gasteiger partial charge in [-0.25, -0.2) is 4.39 Å². The van der Waals surface area contributed by atoms with E-state index < -0.39 is 23.5 Å². The summed E-state index contributed by atoms with van der Waals surface area (Å²) in [6.45, 7) is 0. The summed E-state index contributed by atoms with van der Waals surface area (Å²) >= 11 is 5.85. The largest absolute Gasteiger partial charge is 0.416 e. The molecule has 1 heterocycles. The summed E-state index contributed by atoms with van der Waals surface area (Å²) in [4.78, 5) is 15.0. The average Bonchev–Trinajstić information content (AvgIpc) is 2.90. The number of aromatic amines is 1. The number of alkyl halides is 3. The van der Waals surface area contributed by atoms with Crippen molar-refractivity contribution in [2.24, 2.45) is 0 Å². The number of hydrogen-bond donors (Lipinski definition) is 2. The molecule has 0 saturated carbocycles. The maximum Gasteiger partial charge on any atom is 0.416 e. The van der Waals surface area contributed by atoms with E-state index in [9.17, 15) is 22.4 Å². The number of anilines is 1. The van der Waals surface area contributed by atoms with E-state index in [1.165, 1.54) is 18.2 Å². The van der Waals surface area contributed by atoms with E-state index in [-0.39, 0.29) is 17.1 Å². The minimum Gasteiger partial charge on any atom is -0.361 e. The Kier molecular flexibility index (Phi) is 4.43. The second-order valence-corrected chi connectivity index (χ2v) is 5.83. The number of fused-ring (bicyclic) bond motifs is 1. The molecule has 25 heavy (non-hydrogen) atoms. The van der Waals surface area contributed by atoms with Gasteiger partial charge in [0.1, 0.15) is 5.82 Å². The highest BCUT2D eigenvalue weighted by atomic mass is 35.5. The zero-order valence-electron chi connectivity index (χ0n) is 12.5. The molecule has 0 radical (unpaired) electrons. The second kappa shape index (κ2) is 6.40. The van der Waals surface area contributed by atoms with Gasteiger partial charge in [0.2, 0.25) is 5.91 Å². The molecular formula is C17H11ClF4N2O. The molecule has 0 aliphatic rings. The number of H-pyrrole nitrogens is 1. The third kappa shape index (κ3) is 3.76. The van der Waals surface area contributed by atoms with E-state index in [0.29, 0.717) is 16.5 Å². The zero-order chi connectivity index (χ0) is 18.2. The van der Waals surface area contributed by atoms with Crippen molar-refractivity contribution in [1.29, 1.82) is 0 Å². The number of halogens is 5. The van der Waals surface area contributed by atoms with E-state index in [1.54, 1.807) is 6.20 Å². The van der Waals surface area contributed by atoms with Crippen LogP contribution >= 0.6 is 11.6 Å². The lowest BCUT2D eigenvalue weighted by atomic mass is 10.1. The lowest BCUT2D eigenvalue weighted by Gasteiger charge is -2.11. The smallest absolute Gasteiger partial charge is 0.361 e. The van der Waals surface area contributed by atoms with Crippen LogP contribution in [0.1, 0.15) is 11.1 Å². The van der Waals surface area contributed by atoms with Crippen molar-refractivity contribution in [1.82, 2.24) is 4.98 Å². The number of nitrogens with one attached hydrogen (secondary N) is 2. The lowest BCUT2D eigenvalue weighted by molar-refractivity contribution is -0.137. The number of aromatic nitrogens is 1. The van der Waals surface area contributed by atoms with Gasteiger partial charge in [-0.05, 0) is 42.0 Å². The highest BCUT2D eigenvalue weighted by Crippen LogP contribution is 2.34. The topological polar surface area (TPSA) is 44.9 Å². The Bertz CT molecular complexity index is 949. The first kappa shape index (κ1) is 17.3. The molecule has 0 saturated heterocycles. The van der Waals surface area contributed by atoms with Crippen LogP contribution < -0.4 is 5.32 Å². The van der Waals surface area contributed by atoms with Gasteiger partial charge in [-0.15, -0.1) is 0 Å². The highest BCUT2D eigenvalue weighted by Gasteiger charge is 2.31. The number of amides is 1. The number of hydrogen-bond acceptors (Lipinski definition) is 1. The fourth-order valence-electron chi connectivity index (χ4n) is 2.47. The lowest BCUT2D eigenvalue weighted by Crippen LogP contribution is -2.15. The van der Waals surface area contributed by atoms with E-state index in [0.717, 1.165) is 18.2 Å². The molecular weight excluding hydrogens is 360 g/mol. The number of carbonyl (C=O) groups is 1. The van der Waals surface area contributed by atoms with Crippen LogP contribution in [0.25, 0.3) is 10.9 Å². The quantitative estimate of drug-likeness (QED) is 0.614. The van der Waals surface area contributed by atoms with E-state index in [2.05, 4.69) is 10.3 Å². The molecule has 0 fully saturated rings. The normalized spacial score (nSPS) is 11.7. The maximum atomic E-state index is 13.2. The van der Waals surface area contributed by atoms with Gasteiger partial charge in [-0.3, -0.25) is 4.79 Å². The molecule has 2 aromatic carbocycles. The van der Waals surface area contributed by atoms with Crippen molar-refractivity contribution >= 4 is 34.1 Å². The Balaban J connectivity index is 1.80. The van der Waals surface area contributed by atoms with Crippen LogP contribution in [-0.2, 0) is 17.4 Å². The number of rotatable bonds is 3. The van der Waals surface area contributed by atoms with Gasteiger partial charge in [0.05, 0.1) is 22.7 Å². The van der Waals surface area contributed by atoms with Gasteiger partial charge in [0, 0.05) is 17.1 Å². The molecule has 0 atom stereocenters. The molecule has 3 aromatic rings. The van der Waals surface area contributed by atoms with Crippen LogP contribution in [0.15, 0.2) is 42.6 Å². The van der Waals surface area contributed by atoms with Crippen LogP contribution in [-0.4, -0.2) is 10.9 Å². The SMILES string of the molecule is O=C(Cc1c[nH]c2cc(F)ccc12)Nc1cc(C(F)(F)F)ccc1Cl. The van der Waals surface area contributed by atoms with Crippen LogP contribution in [0.4, 0.5) is 23.2 Å². The first-order chi connectivity index (χ1) is 11.7. The fraction of sp³-hybridized carbons (Fsp3) is 0.118. The predicted molar refractivity (Wildman–Crippen MR) is 87.0 cm³/mol. The van der Waals surface area contributed by atoms with Crippen molar-refractivity contribution in [2.45, 2.75) is 12.6 Å². The summed E-state index contributed by atoms with van der Waals surface area (Å²) in [7, 11) is 0. The van der Waals surface area contributed by atoms with Gasteiger partial charge in [0.15, 0.2) is 0 Å². The third-order valence-electron chi connectivity index (χ3n) is 3.65. The van der Waals surface area contributed by atoms with Crippen LogP contribution in [0.3, 0.4) is 0 Å². The Labute approximate surface area is 144 Å². The van der Waals surface area contributed by atoms with Crippen LogP contribution in [0.2, 0.25) is 5.02 Å². The van der Waals surface area contributed by atoms with Crippen LogP contribution in [0.5, 0.6) is 0 Å². The summed E-state index contributed by atoms with van der Waals surface area (Å²) in [5.74, 6) is -0.951. The molecule has 1 amide bonds. The highest BCUT2D eigenvalue weighted by molar-refractivity contribution is 6.33. The summed E-state index contributed by atoms with van der Waals surface area (Å²) in [6, 6.07) is 6.79. The summed E-state index contributed by atoms with van der Waals surface area (Å²) in [6.07, 6.45) is -3.08. The Morgan fingerprint density at radius 2 is 1.92 bits per heavy atom. The zero-order valence-corrected chi connectivity index (χ0v) is 13.3. The minimum absolute atomic E-state index is 0.00217. The molecule has 130 valence electrons. The molecule has 0 spiro atoms. The monoisotopic (exact) mass is 370 g/mol. The molecule has 8 heteroatoms. The van der Waals surface area contributed by atoms with Crippen LogP contribution in [0, 0.1) is 5.82 Å². The molecule has 3 rings (SSSR count). The Morgan fingerprint density at radius 1 is 1.16 bits per heavy atom. The van der Waals surface area contributed by atoms with Gasteiger partial charge >= 0.3 is 6.18 Å². The average molecular weight is 371 g/mol. The van der Waals surface area contributed by atoms with Crippen molar-refractivity contribution in [3.8, 4) is 0 Å². The van der Waals surface area contributed by atoms with Crippen molar-refractivity contribution in [2.75, 3.05) is 5.32 Å². The number of carbonyl (C=O) groups excluding carboxylic acids is 1. The molecule has 0 bridgehead atoms. The Morgan fingerprint density at radius 3 is 2.64 bits per heavy atom. The first-order valence-corrected chi connectivity index (χ1v) is 7.54. The minimum atomic E-state index is -4.54. The molecule has 0 unspecified atom stereocenters. The second-order valence-electron chi connectivity index (χ2n) is 5.42. The summed E-state index contributed by atoms with van der Waals surface area (Å²) in [5.41, 5.74) is 0.0950. The van der Waals surface area contributed by atoms with Gasteiger partial charge < -0.3 is 10.3 Å². The molecule has 3 nitrogen and oxygen atoms in total. The van der Waals surface area contributed by atoms with Gasteiger partial charge in [-0.2, -0.15) is 13.2 Å². The van der Waals surface area contributed by atoms with Gasteiger partial charge in [0.25, 0.3) is 0 Å².